The second kappa shape index (κ2) is 5.24. The fraction of sp³-hybridized carbons (Fsp3) is 0.500. The smallest absolute Gasteiger partial charge is 0.111 e. The van der Waals surface area contributed by atoms with Gasteiger partial charge in [-0.25, -0.2) is 4.98 Å². The minimum atomic E-state index is -0.838. The molecule has 2 rings (SSSR count). The first kappa shape index (κ1) is 13.3. The van der Waals surface area contributed by atoms with Crippen molar-refractivity contribution in [3.63, 3.8) is 0 Å². The zero-order valence-electron chi connectivity index (χ0n) is 11.2. The lowest BCUT2D eigenvalue weighted by molar-refractivity contribution is 0.0578. The number of nitrogens with zero attached hydrogens (tertiary/aromatic N) is 2. The molecule has 0 spiro atoms. The number of thiophene rings is 1. The van der Waals surface area contributed by atoms with Gasteiger partial charge in [0.15, 0.2) is 0 Å². The zero-order chi connectivity index (χ0) is 13.2. The summed E-state index contributed by atoms with van der Waals surface area (Å²) in [5.41, 5.74) is 0.313. The number of imidazole rings is 1. The van der Waals surface area contributed by atoms with E-state index >= 15 is 0 Å². The minimum absolute atomic E-state index is 0.557. The lowest BCUT2D eigenvalue weighted by atomic mass is 9.97. The summed E-state index contributed by atoms with van der Waals surface area (Å²) in [5, 5.41) is 12.7. The second-order valence-corrected chi connectivity index (χ2v) is 5.84. The molecule has 1 N–H and O–H groups in total. The van der Waals surface area contributed by atoms with Gasteiger partial charge >= 0.3 is 0 Å². The summed E-state index contributed by atoms with van der Waals surface area (Å²) >= 11 is 1.61. The molecular formula is C14H20N2OS. The fourth-order valence-electron chi connectivity index (χ4n) is 2.26. The molecule has 0 amide bonds. The van der Waals surface area contributed by atoms with Crippen LogP contribution in [-0.4, -0.2) is 14.7 Å². The molecule has 0 bridgehead atoms. The molecule has 1 atom stereocenters. The largest absolute Gasteiger partial charge is 0.384 e. The van der Waals surface area contributed by atoms with E-state index in [-0.39, 0.29) is 0 Å². The molecule has 98 valence electrons. The van der Waals surface area contributed by atoms with Crippen LogP contribution in [0.25, 0.3) is 0 Å². The van der Waals surface area contributed by atoms with Crippen LogP contribution in [0.3, 0.4) is 0 Å². The van der Waals surface area contributed by atoms with Gasteiger partial charge in [0.25, 0.3) is 0 Å². The van der Waals surface area contributed by atoms with Gasteiger partial charge in [-0.2, -0.15) is 0 Å². The quantitative estimate of drug-likeness (QED) is 0.901. The highest BCUT2D eigenvalue weighted by atomic mass is 32.1. The van der Waals surface area contributed by atoms with Gasteiger partial charge < -0.3 is 9.67 Å². The molecular weight excluding hydrogens is 244 g/mol. The molecule has 2 heterocycles. The summed E-state index contributed by atoms with van der Waals surface area (Å²) in [6.07, 6.45) is 5.42. The maximum Gasteiger partial charge on any atom is 0.111 e. The van der Waals surface area contributed by atoms with Crippen LogP contribution in [0, 0.1) is 6.92 Å². The Morgan fingerprint density at radius 1 is 1.50 bits per heavy atom. The first-order valence-corrected chi connectivity index (χ1v) is 7.19. The average molecular weight is 264 g/mol. The Balaban J connectivity index is 2.22. The molecule has 2 aromatic heterocycles. The Bertz CT molecular complexity index is 513. The standard InChI is InChI=1S/C14H20N2OS/c1-4-7-16-8-6-15-12(16)10-14(3,17)13-11(2)5-9-18-13/h5-6,8-9,17H,4,7,10H2,1-3H3. The highest BCUT2D eigenvalue weighted by Crippen LogP contribution is 2.31. The van der Waals surface area contributed by atoms with Crippen LogP contribution in [0.15, 0.2) is 23.8 Å². The summed E-state index contributed by atoms with van der Waals surface area (Å²) < 4.78 is 2.12. The molecule has 0 aliphatic carbocycles. The predicted octanol–water partition coefficient (Wildman–Crippen LogP) is 3.11. The predicted molar refractivity (Wildman–Crippen MR) is 74.8 cm³/mol. The normalized spacial score (nSPS) is 14.7. The molecule has 0 fully saturated rings. The van der Waals surface area contributed by atoms with E-state index in [1.165, 1.54) is 0 Å². The van der Waals surface area contributed by atoms with E-state index < -0.39 is 5.60 Å². The Morgan fingerprint density at radius 3 is 2.89 bits per heavy atom. The second-order valence-electron chi connectivity index (χ2n) is 4.92. The van der Waals surface area contributed by atoms with E-state index in [1.54, 1.807) is 11.3 Å². The topological polar surface area (TPSA) is 38.0 Å². The number of hydrogen-bond acceptors (Lipinski definition) is 3. The van der Waals surface area contributed by atoms with Crippen molar-refractivity contribution in [2.45, 2.75) is 45.8 Å². The van der Waals surface area contributed by atoms with Crippen LogP contribution >= 0.6 is 11.3 Å². The first-order chi connectivity index (χ1) is 8.54. The van der Waals surface area contributed by atoms with Gasteiger partial charge in [-0.1, -0.05) is 6.92 Å². The van der Waals surface area contributed by atoms with Crippen molar-refractivity contribution in [2.75, 3.05) is 0 Å². The number of aryl methyl sites for hydroxylation is 2. The van der Waals surface area contributed by atoms with E-state index in [0.29, 0.717) is 6.42 Å². The summed E-state index contributed by atoms with van der Waals surface area (Å²) in [6.45, 7) is 7.01. The Labute approximate surface area is 112 Å². The van der Waals surface area contributed by atoms with Crippen molar-refractivity contribution >= 4 is 11.3 Å². The molecule has 2 aromatic rings. The molecule has 18 heavy (non-hydrogen) atoms. The van der Waals surface area contributed by atoms with Crippen LogP contribution in [0.1, 0.15) is 36.5 Å². The molecule has 3 nitrogen and oxygen atoms in total. The summed E-state index contributed by atoms with van der Waals surface area (Å²) in [6, 6.07) is 2.05. The number of aromatic nitrogens is 2. The third kappa shape index (κ3) is 2.65. The van der Waals surface area contributed by atoms with Crippen molar-refractivity contribution in [1.82, 2.24) is 9.55 Å². The molecule has 0 radical (unpaired) electrons. The van der Waals surface area contributed by atoms with Crippen molar-refractivity contribution in [2.24, 2.45) is 0 Å². The molecule has 1 unspecified atom stereocenters. The zero-order valence-corrected chi connectivity index (χ0v) is 12.0. The highest BCUT2D eigenvalue weighted by molar-refractivity contribution is 7.10. The Kier molecular flexibility index (Phi) is 3.88. The minimum Gasteiger partial charge on any atom is -0.384 e. The van der Waals surface area contributed by atoms with Gasteiger partial charge in [-0.15, -0.1) is 11.3 Å². The number of aliphatic hydroxyl groups is 1. The van der Waals surface area contributed by atoms with Gasteiger partial charge in [0.2, 0.25) is 0 Å². The van der Waals surface area contributed by atoms with E-state index in [4.69, 9.17) is 0 Å². The maximum absolute atomic E-state index is 10.7. The lowest BCUT2D eigenvalue weighted by Crippen LogP contribution is -2.26. The monoisotopic (exact) mass is 264 g/mol. The van der Waals surface area contributed by atoms with Crippen molar-refractivity contribution in [3.8, 4) is 0 Å². The Hall–Kier alpha value is -1.13. The van der Waals surface area contributed by atoms with Crippen LogP contribution in [0.5, 0.6) is 0 Å². The fourth-order valence-corrected chi connectivity index (χ4v) is 3.25. The Morgan fingerprint density at radius 2 is 2.28 bits per heavy atom. The molecule has 0 aliphatic rings. The molecule has 0 saturated carbocycles. The van der Waals surface area contributed by atoms with Gasteiger partial charge in [0.1, 0.15) is 11.4 Å². The summed E-state index contributed by atoms with van der Waals surface area (Å²) in [4.78, 5) is 5.40. The van der Waals surface area contributed by atoms with E-state index in [1.807, 2.05) is 37.7 Å². The summed E-state index contributed by atoms with van der Waals surface area (Å²) in [7, 11) is 0. The SMILES string of the molecule is CCCn1ccnc1CC(C)(O)c1sccc1C. The number of hydrogen-bond donors (Lipinski definition) is 1. The number of rotatable bonds is 5. The van der Waals surface area contributed by atoms with Gasteiger partial charge in [-0.3, -0.25) is 0 Å². The van der Waals surface area contributed by atoms with Crippen molar-refractivity contribution < 1.29 is 5.11 Å². The maximum atomic E-state index is 10.7. The van der Waals surface area contributed by atoms with Crippen LogP contribution in [0.2, 0.25) is 0 Å². The lowest BCUT2D eigenvalue weighted by Gasteiger charge is -2.23. The van der Waals surface area contributed by atoms with E-state index in [0.717, 1.165) is 29.2 Å². The van der Waals surface area contributed by atoms with Gasteiger partial charge in [0.05, 0.1) is 0 Å². The van der Waals surface area contributed by atoms with Crippen LogP contribution < -0.4 is 0 Å². The molecule has 0 aromatic carbocycles. The first-order valence-electron chi connectivity index (χ1n) is 6.31. The summed E-state index contributed by atoms with van der Waals surface area (Å²) in [5.74, 6) is 0.953. The van der Waals surface area contributed by atoms with Crippen molar-refractivity contribution in [1.29, 1.82) is 0 Å². The van der Waals surface area contributed by atoms with Crippen LogP contribution in [0.4, 0.5) is 0 Å². The van der Waals surface area contributed by atoms with Crippen LogP contribution in [-0.2, 0) is 18.6 Å². The van der Waals surface area contributed by atoms with E-state index in [9.17, 15) is 5.11 Å². The third-order valence-corrected chi connectivity index (χ3v) is 4.39. The molecule has 0 saturated heterocycles. The molecule has 4 heteroatoms. The van der Waals surface area contributed by atoms with E-state index in [2.05, 4.69) is 16.5 Å². The van der Waals surface area contributed by atoms with Gasteiger partial charge in [-0.05, 0) is 37.3 Å². The third-order valence-electron chi connectivity index (χ3n) is 3.12. The highest BCUT2D eigenvalue weighted by Gasteiger charge is 2.28. The van der Waals surface area contributed by atoms with Gasteiger partial charge in [0, 0.05) is 30.2 Å². The average Bonchev–Trinajstić information content (AvgIpc) is 2.89. The molecule has 0 aliphatic heterocycles. The van der Waals surface area contributed by atoms with Crippen molar-refractivity contribution in [3.05, 3.63) is 40.1 Å².